The number of carbonyl (C=O) groups excluding carboxylic acids is 1. The molecule has 1 amide bonds. The highest BCUT2D eigenvalue weighted by Crippen LogP contribution is 2.28. The molecule has 1 N–H and O–H groups in total. The largest absolute Gasteiger partial charge is 0.504 e. The normalized spacial score (nSPS) is 15.2. The molecule has 2 aromatic carbocycles. The van der Waals surface area contributed by atoms with Gasteiger partial charge in [-0.25, -0.2) is 8.42 Å². The summed E-state index contributed by atoms with van der Waals surface area (Å²) in [6, 6.07) is 9.85. The molecule has 1 aliphatic rings. The number of carbonyl (C=O) groups is 1. The van der Waals surface area contributed by atoms with E-state index in [1.165, 1.54) is 42.4 Å². The zero-order valence-corrected chi connectivity index (χ0v) is 17.5. The molecule has 1 heterocycles. The van der Waals surface area contributed by atoms with Crippen molar-refractivity contribution < 1.29 is 28.0 Å². The Kier molecular flexibility index (Phi) is 6.56. The van der Waals surface area contributed by atoms with Crippen LogP contribution < -0.4 is 4.74 Å². The summed E-state index contributed by atoms with van der Waals surface area (Å²) in [5.74, 6) is -0.0276. The van der Waals surface area contributed by atoms with Crippen molar-refractivity contribution in [3.8, 4) is 11.5 Å². The number of nitrogens with zero attached hydrogens (tertiary/aromatic N) is 3. The Labute approximate surface area is 179 Å². The van der Waals surface area contributed by atoms with E-state index < -0.39 is 20.6 Å². The summed E-state index contributed by atoms with van der Waals surface area (Å²) in [6.45, 7) is 0.367. The van der Waals surface area contributed by atoms with Crippen LogP contribution in [0.3, 0.4) is 0 Å². The lowest BCUT2D eigenvalue weighted by atomic mass is 10.2. The second-order valence-corrected chi connectivity index (χ2v) is 8.63. The first-order valence-corrected chi connectivity index (χ1v) is 10.8. The molecule has 1 fully saturated rings. The number of sulfonamides is 1. The zero-order valence-electron chi connectivity index (χ0n) is 16.7. The Bertz CT molecular complexity index is 1120. The average molecular weight is 447 g/mol. The minimum absolute atomic E-state index is 0.0121. The predicted octanol–water partition coefficient (Wildman–Crippen LogP) is 1.86. The van der Waals surface area contributed by atoms with Crippen molar-refractivity contribution >= 4 is 27.7 Å². The number of rotatable bonds is 6. The number of para-hydroxylation sites is 1. The summed E-state index contributed by atoms with van der Waals surface area (Å²) < 4.78 is 31.9. The highest BCUT2D eigenvalue weighted by atomic mass is 32.2. The van der Waals surface area contributed by atoms with E-state index in [1.54, 1.807) is 18.2 Å². The van der Waals surface area contributed by atoms with E-state index in [1.807, 2.05) is 0 Å². The monoisotopic (exact) mass is 447 g/mol. The molecule has 3 rings (SSSR count). The lowest BCUT2D eigenvalue weighted by Crippen LogP contribution is -2.50. The highest BCUT2D eigenvalue weighted by molar-refractivity contribution is 7.89. The molecule has 0 aliphatic carbocycles. The number of benzene rings is 2. The van der Waals surface area contributed by atoms with E-state index in [4.69, 9.17) is 4.74 Å². The molecular formula is C20H21N3O7S. The van der Waals surface area contributed by atoms with Gasteiger partial charge in [0.25, 0.3) is 5.69 Å². The first-order valence-electron chi connectivity index (χ1n) is 9.31. The van der Waals surface area contributed by atoms with Crippen LogP contribution in [0.15, 0.2) is 53.4 Å². The Morgan fingerprint density at radius 3 is 2.48 bits per heavy atom. The third-order valence-corrected chi connectivity index (χ3v) is 6.80. The van der Waals surface area contributed by atoms with Gasteiger partial charge in [0.1, 0.15) is 0 Å². The molecule has 0 radical (unpaired) electrons. The van der Waals surface area contributed by atoms with Crippen LogP contribution in [0.5, 0.6) is 11.5 Å². The van der Waals surface area contributed by atoms with Gasteiger partial charge in [0, 0.05) is 38.3 Å². The predicted molar refractivity (Wildman–Crippen MR) is 112 cm³/mol. The van der Waals surface area contributed by atoms with E-state index in [0.717, 1.165) is 10.4 Å². The van der Waals surface area contributed by atoms with E-state index in [9.17, 15) is 28.4 Å². The number of aromatic hydroxyl groups is 1. The number of hydrogen-bond acceptors (Lipinski definition) is 7. The van der Waals surface area contributed by atoms with Crippen molar-refractivity contribution in [1.29, 1.82) is 0 Å². The van der Waals surface area contributed by atoms with Crippen LogP contribution >= 0.6 is 0 Å². The van der Waals surface area contributed by atoms with Crippen LogP contribution in [-0.2, 0) is 14.8 Å². The minimum Gasteiger partial charge on any atom is -0.504 e. The maximum Gasteiger partial charge on any atom is 0.289 e. The minimum atomic E-state index is -4.06. The van der Waals surface area contributed by atoms with Gasteiger partial charge in [0.05, 0.1) is 12.0 Å². The molecule has 0 spiro atoms. The van der Waals surface area contributed by atoms with Crippen LogP contribution in [0.2, 0.25) is 0 Å². The molecule has 10 nitrogen and oxygen atoms in total. The first-order chi connectivity index (χ1) is 14.7. The number of ether oxygens (including phenoxy) is 1. The van der Waals surface area contributed by atoms with Gasteiger partial charge in [0.2, 0.25) is 15.9 Å². The van der Waals surface area contributed by atoms with Crippen molar-refractivity contribution in [3.05, 3.63) is 64.2 Å². The highest BCUT2D eigenvalue weighted by Gasteiger charge is 2.34. The summed E-state index contributed by atoms with van der Waals surface area (Å²) >= 11 is 0. The Hall–Kier alpha value is -3.44. The molecule has 11 heteroatoms. The maximum absolute atomic E-state index is 12.9. The van der Waals surface area contributed by atoms with Gasteiger partial charge in [-0.1, -0.05) is 18.2 Å². The molecule has 0 unspecified atom stereocenters. The second kappa shape index (κ2) is 9.14. The number of phenols is 1. The fourth-order valence-electron chi connectivity index (χ4n) is 3.18. The molecule has 1 aliphatic heterocycles. The number of phenolic OH excluding ortho intramolecular Hbond substituents is 1. The van der Waals surface area contributed by atoms with E-state index >= 15 is 0 Å². The Morgan fingerprint density at radius 1 is 1.16 bits per heavy atom. The maximum atomic E-state index is 12.9. The van der Waals surface area contributed by atoms with E-state index in [-0.39, 0.29) is 48.5 Å². The van der Waals surface area contributed by atoms with E-state index in [0.29, 0.717) is 5.56 Å². The summed E-state index contributed by atoms with van der Waals surface area (Å²) in [4.78, 5) is 24.1. The molecule has 164 valence electrons. The molecule has 31 heavy (non-hydrogen) atoms. The van der Waals surface area contributed by atoms with Crippen LogP contribution in [0.1, 0.15) is 5.56 Å². The second-order valence-electron chi connectivity index (χ2n) is 6.72. The third-order valence-electron chi connectivity index (χ3n) is 4.85. The number of piperazine rings is 1. The number of methoxy groups -OCH3 is 1. The number of nitro benzene ring substituents is 1. The summed E-state index contributed by atoms with van der Waals surface area (Å²) in [6.07, 6.45) is 2.93. The number of nitro groups is 1. The van der Waals surface area contributed by atoms with Gasteiger partial charge in [-0.05, 0) is 29.8 Å². The first kappa shape index (κ1) is 22.2. The fourth-order valence-corrected chi connectivity index (χ4v) is 4.76. The fraction of sp³-hybridized carbons (Fsp3) is 0.250. The van der Waals surface area contributed by atoms with Gasteiger partial charge >= 0.3 is 0 Å². The molecule has 2 aromatic rings. The topological polar surface area (TPSA) is 130 Å². The van der Waals surface area contributed by atoms with E-state index in [2.05, 4.69) is 0 Å². The van der Waals surface area contributed by atoms with Gasteiger partial charge in [-0.15, -0.1) is 0 Å². The van der Waals surface area contributed by atoms with Crippen molar-refractivity contribution in [2.75, 3.05) is 33.3 Å². The Morgan fingerprint density at radius 2 is 1.84 bits per heavy atom. The van der Waals surface area contributed by atoms with Crippen LogP contribution in [0.4, 0.5) is 5.69 Å². The standard InChI is InChI=1S/C20H21N3O7S/c1-30-18-14-15(6-8-17(18)24)7-9-20(25)21-10-12-22(13-11-21)31(28,29)19-5-3-2-4-16(19)23(26)27/h2-9,14,24H,10-13H2,1H3/b9-7+. The lowest BCUT2D eigenvalue weighted by molar-refractivity contribution is -0.387. The average Bonchev–Trinajstić information content (AvgIpc) is 2.78. The quantitative estimate of drug-likeness (QED) is 0.406. The third kappa shape index (κ3) is 4.84. The van der Waals surface area contributed by atoms with Gasteiger partial charge in [-0.2, -0.15) is 4.31 Å². The smallest absolute Gasteiger partial charge is 0.289 e. The summed E-state index contributed by atoms with van der Waals surface area (Å²) in [5.41, 5.74) is 0.175. The molecular weight excluding hydrogens is 426 g/mol. The molecule has 0 bridgehead atoms. The molecule has 0 atom stereocenters. The summed E-state index contributed by atoms with van der Waals surface area (Å²) in [7, 11) is -2.63. The molecule has 1 saturated heterocycles. The van der Waals surface area contributed by atoms with Crippen molar-refractivity contribution in [2.24, 2.45) is 0 Å². The van der Waals surface area contributed by atoms with Crippen LogP contribution in [-0.4, -0.2) is 66.8 Å². The van der Waals surface area contributed by atoms with Crippen molar-refractivity contribution in [1.82, 2.24) is 9.21 Å². The van der Waals surface area contributed by atoms with Gasteiger partial charge in [0.15, 0.2) is 16.4 Å². The van der Waals surface area contributed by atoms with Gasteiger partial charge in [-0.3, -0.25) is 14.9 Å². The van der Waals surface area contributed by atoms with Crippen molar-refractivity contribution in [3.63, 3.8) is 0 Å². The lowest BCUT2D eigenvalue weighted by Gasteiger charge is -2.33. The Balaban J connectivity index is 1.66. The number of hydrogen-bond donors (Lipinski definition) is 1. The van der Waals surface area contributed by atoms with Gasteiger partial charge < -0.3 is 14.7 Å². The SMILES string of the molecule is COc1cc(/C=C/C(=O)N2CCN(S(=O)(=O)c3ccccc3[N+](=O)[O-])CC2)ccc1O. The van der Waals surface area contributed by atoms with Crippen LogP contribution in [0.25, 0.3) is 6.08 Å². The number of amides is 1. The van der Waals surface area contributed by atoms with Crippen molar-refractivity contribution in [2.45, 2.75) is 4.90 Å². The molecule has 0 aromatic heterocycles. The molecule has 0 saturated carbocycles. The zero-order chi connectivity index (χ0) is 22.6. The van der Waals surface area contributed by atoms with Crippen LogP contribution in [0, 0.1) is 10.1 Å². The summed E-state index contributed by atoms with van der Waals surface area (Å²) in [5, 5.41) is 20.8.